The Morgan fingerprint density at radius 2 is 1.89 bits per heavy atom. The van der Waals surface area contributed by atoms with E-state index in [4.69, 9.17) is 5.73 Å². The molecule has 0 aromatic heterocycles. The first-order valence-corrected chi connectivity index (χ1v) is 5.94. The van der Waals surface area contributed by atoms with Gasteiger partial charge in [-0.05, 0) is 54.3 Å². The minimum Gasteiger partial charge on any atom is -0.399 e. The third-order valence-corrected chi connectivity index (χ3v) is 2.91. The average Bonchev–Trinajstić information content (AvgIpc) is 2.37. The molecule has 0 heterocycles. The van der Waals surface area contributed by atoms with E-state index >= 15 is 0 Å². The van der Waals surface area contributed by atoms with Crippen molar-refractivity contribution < 1.29 is 4.39 Å². The van der Waals surface area contributed by atoms with Gasteiger partial charge in [0.1, 0.15) is 5.82 Å². The van der Waals surface area contributed by atoms with Gasteiger partial charge >= 0.3 is 0 Å². The smallest absolute Gasteiger partial charge is 0.123 e. The molecule has 2 aromatic carbocycles. The van der Waals surface area contributed by atoms with E-state index in [2.05, 4.69) is 6.08 Å². The third-order valence-electron chi connectivity index (χ3n) is 2.91. The molecule has 2 aromatic rings. The molecule has 0 aliphatic rings. The molecule has 0 aliphatic heterocycles. The zero-order chi connectivity index (χ0) is 13.0. The maximum atomic E-state index is 12.9. The molecule has 0 spiro atoms. The highest BCUT2D eigenvalue weighted by molar-refractivity contribution is 5.67. The van der Waals surface area contributed by atoms with Gasteiger partial charge in [0.05, 0.1) is 0 Å². The van der Waals surface area contributed by atoms with Gasteiger partial charge in [-0.25, -0.2) is 4.39 Å². The quantitative estimate of drug-likeness (QED) is 0.806. The number of anilines is 1. The second-order valence-electron chi connectivity index (χ2n) is 4.24. The van der Waals surface area contributed by atoms with Gasteiger partial charge < -0.3 is 5.73 Å². The Hall–Kier alpha value is -2.09. The molecule has 92 valence electrons. The van der Waals surface area contributed by atoms with Crippen LogP contribution in [-0.2, 0) is 6.42 Å². The Labute approximate surface area is 107 Å². The van der Waals surface area contributed by atoms with E-state index in [1.807, 2.05) is 31.2 Å². The summed E-state index contributed by atoms with van der Waals surface area (Å²) >= 11 is 0. The number of rotatable bonds is 3. The summed E-state index contributed by atoms with van der Waals surface area (Å²) in [6.45, 7) is 1.99. The van der Waals surface area contributed by atoms with E-state index in [9.17, 15) is 4.39 Å². The van der Waals surface area contributed by atoms with Gasteiger partial charge in [-0.15, -0.1) is 0 Å². The van der Waals surface area contributed by atoms with Gasteiger partial charge in [-0.1, -0.05) is 30.3 Å². The topological polar surface area (TPSA) is 26.0 Å². The van der Waals surface area contributed by atoms with Gasteiger partial charge in [0.2, 0.25) is 0 Å². The van der Waals surface area contributed by atoms with Crippen LogP contribution in [0.25, 0.3) is 5.57 Å². The normalized spacial score (nSPS) is 11.6. The molecule has 1 nitrogen and oxygen atoms in total. The Morgan fingerprint density at radius 1 is 1.17 bits per heavy atom. The van der Waals surface area contributed by atoms with Crippen LogP contribution in [0.5, 0.6) is 0 Å². The zero-order valence-electron chi connectivity index (χ0n) is 10.4. The summed E-state index contributed by atoms with van der Waals surface area (Å²) in [5.74, 6) is -0.210. The van der Waals surface area contributed by atoms with E-state index in [0.29, 0.717) is 0 Å². The first-order chi connectivity index (χ1) is 8.69. The summed E-state index contributed by atoms with van der Waals surface area (Å²) in [5, 5.41) is 0. The van der Waals surface area contributed by atoms with Crippen LogP contribution >= 0.6 is 0 Å². The van der Waals surface area contributed by atoms with E-state index in [0.717, 1.165) is 23.2 Å². The standard InChI is InChI=1S/C16H16FN/c1-2-13(14-6-8-15(17)9-7-14)10-12-4-3-5-16(18)11-12/h2-9,11H,10,18H2,1H3/b13-2+. The molecule has 0 fully saturated rings. The van der Waals surface area contributed by atoms with Crippen molar-refractivity contribution in [2.45, 2.75) is 13.3 Å². The average molecular weight is 241 g/mol. The second kappa shape index (κ2) is 5.50. The third kappa shape index (κ3) is 2.98. The van der Waals surface area contributed by atoms with Gasteiger partial charge in [0.15, 0.2) is 0 Å². The summed E-state index contributed by atoms with van der Waals surface area (Å²) in [4.78, 5) is 0. The Morgan fingerprint density at radius 3 is 2.50 bits per heavy atom. The number of halogens is 1. The molecule has 0 amide bonds. The summed E-state index contributed by atoms with van der Waals surface area (Å²) in [6, 6.07) is 14.4. The van der Waals surface area contributed by atoms with Crippen LogP contribution in [0.1, 0.15) is 18.1 Å². The number of benzene rings is 2. The molecule has 0 aliphatic carbocycles. The maximum Gasteiger partial charge on any atom is 0.123 e. The highest BCUT2D eigenvalue weighted by Gasteiger charge is 2.03. The molecule has 2 N–H and O–H groups in total. The molecule has 18 heavy (non-hydrogen) atoms. The van der Waals surface area contributed by atoms with Crippen molar-refractivity contribution in [3.63, 3.8) is 0 Å². The molecule has 2 rings (SSSR count). The van der Waals surface area contributed by atoms with Crippen molar-refractivity contribution in [1.82, 2.24) is 0 Å². The first-order valence-electron chi connectivity index (χ1n) is 5.94. The van der Waals surface area contributed by atoms with Gasteiger partial charge in [-0.2, -0.15) is 0 Å². The summed E-state index contributed by atoms with van der Waals surface area (Å²) in [7, 11) is 0. The Balaban J connectivity index is 2.23. The van der Waals surface area contributed by atoms with Crippen LogP contribution in [-0.4, -0.2) is 0 Å². The minimum atomic E-state index is -0.210. The van der Waals surface area contributed by atoms with Crippen molar-refractivity contribution >= 4 is 11.3 Å². The van der Waals surface area contributed by atoms with E-state index in [-0.39, 0.29) is 5.82 Å². The van der Waals surface area contributed by atoms with Crippen LogP contribution < -0.4 is 5.73 Å². The predicted octanol–water partition coefficient (Wildman–Crippen LogP) is 4.05. The van der Waals surface area contributed by atoms with Gasteiger partial charge in [0, 0.05) is 5.69 Å². The predicted molar refractivity (Wildman–Crippen MR) is 74.6 cm³/mol. The second-order valence-corrected chi connectivity index (χ2v) is 4.24. The fourth-order valence-corrected chi connectivity index (χ4v) is 1.96. The van der Waals surface area contributed by atoms with Crippen LogP contribution in [0.2, 0.25) is 0 Å². The number of nitrogens with two attached hydrogens (primary N) is 1. The van der Waals surface area contributed by atoms with E-state index in [1.165, 1.54) is 17.7 Å². The van der Waals surface area contributed by atoms with Gasteiger partial charge in [0.25, 0.3) is 0 Å². The molecule has 2 heteroatoms. The SMILES string of the molecule is C/C=C(\Cc1cccc(N)c1)c1ccc(F)cc1. The molecule has 0 saturated heterocycles. The molecular weight excluding hydrogens is 225 g/mol. The number of hydrogen-bond donors (Lipinski definition) is 1. The summed E-state index contributed by atoms with van der Waals surface area (Å²) in [5.41, 5.74) is 9.90. The highest BCUT2D eigenvalue weighted by Crippen LogP contribution is 2.21. The van der Waals surface area contributed by atoms with Crippen LogP contribution in [0, 0.1) is 5.82 Å². The maximum absolute atomic E-state index is 12.9. The zero-order valence-corrected chi connectivity index (χ0v) is 10.4. The van der Waals surface area contributed by atoms with Crippen molar-refractivity contribution in [1.29, 1.82) is 0 Å². The number of hydrogen-bond acceptors (Lipinski definition) is 1. The van der Waals surface area contributed by atoms with E-state index in [1.54, 1.807) is 12.1 Å². The van der Waals surface area contributed by atoms with Crippen LogP contribution in [0.3, 0.4) is 0 Å². The summed E-state index contributed by atoms with van der Waals surface area (Å²) < 4.78 is 12.9. The molecule has 0 unspecified atom stereocenters. The lowest BCUT2D eigenvalue weighted by molar-refractivity contribution is 0.627. The molecular formula is C16H16FN. The first kappa shape index (κ1) is 12.4. The van der Waals surface area contributed by atoms with Crippen LogP contribution in [0.4, 0.5) is 10.1 Å². The van der Waals surface area contributed by atoms with E-state index < -0.39 is 0 Å². The minimum absolute atomic E-state index is 0.210. The van der Waals surface area contributed by atoms with Gasteiger partial charge in [-0.3, -0.25) is 0 Å². The molecule has 0 saturated carbocycles. The molecule has 0 radical (unpaired) electrons. The van der Waals surface area contributed by atoms with Crippen molar-refractivity contribution in [2.24, 2.45) is 0 Å². The fourth-order valence-electron chi connectivity index (χ4n) is 1.96. The summed E-state index contributed by atoms with van der Waals surface area (Å²) in [6.07, 6.45) is 2.85. The van der Waals surface area contributed by atoms with Crippen LogP contribution in [0.15, 0.2) is 54.6 Å². The monoisotopic (exact) mass is 241 g/mol. The largest absolute Gasteiger partial charge is 0.399 e. The van der Waals surface area contributed by atoms with Crippen molar-refractivity contribution in [3.8, 4) is 0 Å². The molecule has 0 atom stereocenters. The highest BCUT2D eigenvalue weighted by atomic mass is 19.1. The lowest BCUT2D eigenvalue weighted by atomic mass is 9.98. The van der Waals surface area contributed by atoms with Crippen molar-refractivity contribution in [3.05, 3.63) is 71.6 Å². The Kier molecular flexibility index (Phi) is 3.78. The fraction of sp³-hybridized carbons (Fsp3) is 0.125. The molecule has 0 bridgehead atoms. The number of nitrogen functional groups attached to an aromatic ring is 1. The van der Waals surface area contributed by atoms with Crippen molar-refractivity contribution in [2.75, 3.05) is 5.73 Å². The Bertz CT molecular complexity index is 556. The number of allylic oxidation sites excluding steroid dienone is 2. The lowest BCUT2D eigenvalue weighted by Gasteiger charge is -2.08. The lowest BCUT2D eigenvalue weighted by Crippen LogP contribution is -1.93.